The van der Waals surface area contributed by atoms with E-state index in [4.69, 9.17) is 16.3 Å². The molecule has 198 valence electrons. The lowest BCUT2D eigenvalue weighted by atomic mass is 9.70. The summed E-state index contributed by atoms with van der Waals surface area (Å²) in [5.74, 6) is -0.732. The van der Waals surface area contributed by atoms with E-state index in [1.54, 1.807) is 53.4 Å². The average molecular weight is 539 g/mol. The van der Waals surface area contributed by atoms with Crippen LogP contribution in [0.5, 0.6) is 5.75 Å². The Bertz CT molecular complexity index is 1400. The van der Waals surface area contributed by atoms with E-state index in [1.165, 1.54) is 12.1 Å². The van der Waals surface area contributed by atoms with Crippen molar-refractivity contribution in [3.8, 4) is 5.75 Å². The highest BCUT2D eigenvalue weighted by Crippen LogP contribution is 2.67. The molecule has 9 heteroatoms. The Hall–Kier alpha value is -3.17. The number of benzene rings is 3. The second-order valence-corrected chi connectivity index (χ2v) is 10.7. The summed E-state index contributed by atoms with van der Waals surface area (Å²) in [5, 5.41) is 36.7. The number of hydrogen-bond donors (Lipinski definition) is 4. The van der Waals surface area contributed by atoms with Crippen molar-refractivity contribution in [3.63, 3.8) is 0 Å². The van der Waals surface area contributed by atoms with Crippen LogP contribution in [0.25, 0.3) is 0 Å². The van der Waals surface area contributed by atoms with Gasteiger partial charge in [-0.2, -0.15) is 0 Å². The minimum atomic E-state index is -1.85. The lowest BCUT2D eigenvalue weighted by Gasteiger charge is -2.42. The largest absolute Gasteiger partial charge is 0.478 e. The van der Waals surface area contributed by atoms with Crippen LogP contribution < -0.4 is 10.1 Å². The standard InChI is InChI=1S/C29H28ClFN2O5/c30-21-7-5-20(6-8-21)29-23(18-3-1-4-22(31)13-18)14-25(32-27(36)33-9-2-10-33)28(29,37)26-19(16-35)11-17(15-34)12-24(26)38-29/h1,3-8,11-13,23,25,34-35,37H,2,9-10,14-16H2,(H,32,36)/t23-,25-,28+,29-/m0/s1. The second-order valence-electron chi connectivity index (χ2n) is 10.2. The molecule has 7 nitrogen and oxygen atoms in total. The zero-order chi connectivity index (χ0) is 26.7. The molecule has 2 amide bonds. The molecule has 0 spiro atoms. The predicted molar refractivity (Wildman–Crippen MR) is 138 cm³/mol. The SMILES string of the molecule is O=C(N[C@H]1C[C@@H](c2cccc(F)c2)[C@]2(c3ccc(Cl)cc3)Oc3cc(CO)cc(CO)c3[C@]12O)N1CCC1. The van der Waals surface area contributed by atoms with E-state index >= 15 is 0 Å². The molecule has 0 radical (unpaired) electrons. The van der Waals surface area contributed by atoms with Crippen LogP contribution in [0.1, 0.15) is 46.6 Å². The normalized spacial score (nSPS) is 27.3. The topological polar surface area (TPSA) is 102 Å². The third-order valence-corrected chi connectivity index (χ3v) is 8.50. The summed E-state index contributed by atoms with van der Waals surface area (Å²) in [7, 11) is 0. The van der Waals surface area contributed by atoms with Gasteiger partial charge in [-0.05, 0) is 65.4 Å². The van der Waals surface area contributed by atoms with Crippen LogP contribution in [0.15, 0.2) is 60.7 Å². The van der Waals surface area contributed by atoms with Crippen LogP contribution in [0.4, 0.5) is 9.18 Å². The molecule has 3 aromatic rings. The van der Waals surface area contributed by atoms with Gasteiger partial charge in [0.15, 0.2) is 11.2 Å². The number of aliphatic hydroxyl groups excluding tert-OH is 2. The summed E-state index contributed by atoms with van der Waals surface area (Å²) in [6, 6.07) is 15.2. The molecular formula is C29H28ClFN2O5. The van der Waals surface area contributed by atoms with Gasteiger partial charge >= 0.3 is 6.03 Å². The molecule has 4 atom stereocenters. The van der Waals surface area contributed by atoms with Gasteiger partial charge in [0.2, 0.25) is 0 Å². The Morgan fingerprint density at radius 2 is 1.87 bits per heavy atom. The van der Waals surface area contributed by atoms with E-state index in [0.717, 1.165) is 6.42 Å². The number of halogens is 2. The molecule has 4 N–H and O–H groups in total. The number of carbonyl (C=O) groups is 1. The fourth-order valence-corrected chi connectivity index (χ4v) is 6.57. The Labute approximate surface area is 224 Å². The lowest BCUT2D eigenvalue weighted by molar-refractivity contribution is -0.116. The van der Waals surface area contributed by atoms with E-state index in [-0.39, 0.29) is 19.1 Å². The third-order valence-electron chi connectivity index (χ3n) is 8.25. The molecule has 3 aliphatic rings. The maximum atomic E-state index is 14.5. The monoisotopic (exact) mass is 538 g/mol. The van der Waals surface area contributed by atoms with Gasteiger partial charge in [-0.15, -0.1) is 0 Å². The smallest absolute Gasteiger partial charge is 0.317 e. The Kier molecular flexibility index (Phi) is 6.11. The predicted octanol–water partition coefficient (Wildman–Crippen LogP) is 3.91. The van der Waals surface area contributed by atoms with Gasteiger partial charge in [0.25, 0.3) is 0 Å². The Balaban J connectivity index is 1.62. The van der Waals surface area contributed by atoms with Gasteiger partial charge < -0.3 is 30.3 Å². The highest BCUT2D eigenvalue weighted by Gasteiger charge is 2.73. The van der Waals surface area contributed by atoms with Crippen molar-refractivity contribution in [2.24, 2.45) is 0 Å². The summed E-state index contributed by atoms with van der Waals surface area (Å²) >= 11 is 6.22. The van der Waals surface area contributed by atoms with Crippen molar-refractivity contribution < 1.29 is 29.2 Å². The van der Waals surface area contributed by atoms with E-state index in [0.29, 0.717) is 51.7 Å². The van der Waals surface area contributed by atoms with Gasteiger partial charge in [0.05, 0.1) is 19.3 Å². The number of urea groups is 1. The molecular weight excluding hydrogens is 511 g/mol. The number of aliphatic hydroxyl groups is 3. The van der Waals surface area contributed by atoms with Crippen molar-refractivity contribution in [1.82, 2.24) is 10.2 Å². The van der Waals surface area contributed by atoms with Gasteiger partial charge in [0.1, 0.15) is 11.6 Å². The summed E-state index contributed by atoms with van der Waals surface area (Å²) in [4.78, 5) is 14.8. The van der Waals surface area contributed by atoms with Crippen LogP contribution in [0, 0.1) is 5.82 Å². The van der Waals surface area contributed by atoms with E-state index in [1.807, 2.05) is 0 Å². The highest BCUT2D eigenvalue weighted by molar-refractivity contribution is 6.30. The maximum absolute atomic E-state index is 14.5. The second kappa shape index (κ2) is 9.24. The molecule has 6 rings (SSSR count). The number of nitrogens with one attached hydrogen (secondary N) is 1. The van der Waals surface area contributed by atoms with Crippen molar-refractivity contribution in [2.45, 2.75) is 49.2 Å². The number of carbonyl (C=O) groups excluding carboxylic acids is 1. The first kappa shape index (κ1) is 25.1. The highest BCUT2D eigenvalue weighted by atomic mass is 35.5. The van der Waals surface area contributed by atoms with E-state index < -0.39 is 35.6 Å². The first-order chi connectivity index (χ1) is 18.3. The summed E-state index contributed by atoms with van der Waals surface area (Å²) in [6.45, 7) is 0.539. The number of ether oxygens (including phenoxy) is 1. The van der Waals surface area contributed by atoms with E-state index in [9.17, 15) is 24.5 Å². The molecule has 2 heterocycles. The zero-order valence-electron chi connectivity index (χ0n) is 20.5. The summed E-state index contributed by atoms with van der Waals surface area (Å²) in [5.41, 5.74) is -0.929. The lowest BCUT2D eigenvalue weighted by Crippen LogP contribution is -2.59. The first-order valence-corrected chi connectivity index (χ1v) is 13.1. The van der Waals surface area contributed by atoms with Crippen LogP contribution >= 0.6 is 11.6 Å². The van der Waals surface area contributed by atoms with E-state index in [2.05, 4.69) is 5.32 Å². The molecule has 1 saturated carbocycles. The van der Waals surface area contributed by atoms with Crippen molar-refractivity contribution in [2.75, 3.05) is 13.1 Å². The van der Waals surface area contributed by atoms with Crippen molar-refractivity contribution in [3.05, 3.63) is 99.3 Å². The van der Waals surface area contributed by atoms with Gasteiger partial charge in [0, 0.05) is 29.6 Å². The number of amides is 2. The summed E-state index contributed by atoms with van der Waals surface area (Å²) < 4.78 is 21.3. The molecule has 38 heavy (non-hydrogen) atoms. The fraction of sp³-hybridized carbons (Fsp3) is 0.345. The minimum Gasteiger partial charge on any atom is -0.478 e. The average Bonchev–Trinajstić information content (AvgIpc) is 3.28. The summed E-state index contributed by atoms with van der Waals surface area (Å²) in [6.07, 6.45) is 1.15. The van der Waals surface area contributed by atoms with Crippen LogP contribution in [0.3, 0.4) is 0 Å². The van der Waals surface area contributed by atoms with Crippen LogP contribution in [-0.2, 0) is 24.4 Å². The molecule has 1 aliphatic carbocycles. The van der Waals surface area contributed by atoms with Crippen molar-refractivity contribution >= 4 is 17.6 Å². The van der Waals surface area contributed by atoms with Crippen molar-refractivity contribution in [1.29, 1.82) is 0 Å². The molecule has 1 saturated heterocycles. The molecule has 2 aliphatic heterocycles. The molecule has 2 fully saturated rings. The quantitative estimate of drug-likeness (QED) is 0.394. The number of nitrogens with zero attached hydrogens (tertiary/aromatic N) is 1. The Morgan fingerprint density at radius 1 is 1.11 bits per heavy atom. The number of rotatable bonds is 5. The minimum absolute atomic E-state index is 0.244. The van der Waals surface area contributed by atoms with Gasteiger partial charge in [-0.25, -0.2) is 9.18 Å². The Morgan fingerprint density at radius 3 is 2.50 bits per heavy atom. The molecule has 0 aromatic heterocycles. The van der Waals surface area contributed by atoms with Gasteiger partial charge in [-0.1, -0.05) is 41.9 Å². The number of hydrogen-bond acceptors (Lipinski definition) is 5. The molecule has 0 unspecified atom stereocenters. The number of likely N-dealkylation sites (tertiary alicyclic amines) is 1. The molecule has 0 bridgehead atoms. The van der Waals surface area contributed by atoms with Crippen LogP contribution in [-0.4, -0.2) is 45.4 Å². The number of fused-ring (bicyclic) bond motifs is 3. The van der Waals surface area contributed by atoms with Crippen LogP contribution in [0.2, 0.25) is 5.02 Å². The van der Waals surface area contributed by atoms with Gasteiger partial charge in [-0.3, -0.25) is 0 Å². The maximum Gasteiger partial charge on any atom is 0.317 e. The fourth-order valence-electron chi connectivity index (χ4n) is 6.44. The zero-order valence-corrected chi connectivity index (χ0v) is 21.3. The molecule has 3 aromatic carbocycles. The third kappa shape index (κ3) is 3.55. The first-order valence-electron chi connectivity index (χ1n) is 12.7.